The minimum Gasteiger partial charge on any atom is -0.393 e. The largest absolute Gasteiger partial charge is 0.393 e. The summed E-state index contributed by atoms with van der Waals surface area (Å²) in [6.07, 6.45) is 7.64. The number of aliphatic hydroxyl groups is 1. The number of aliphatic hydroxyl groups excluding tert-OH is 1. The molecule has 0 bridgehead atoms. The van der Waals surface area contributed by atoms with Crippen LogP contribution in [0.2, 0.25) is 5.02 Å². The van der Waals surface area contributed by atoms with Crippen molar-refractivity contribution < 1.29 is 9.90 Å². The van der Waals surface area contributed by atoms with E-state index in [9.17, 15) is 9.90 Å². The molecule has 0 aromatic carbocycles. The summed E-state index contributed by atoms with van der Waals surface area (Å²) < 4.78 is 1.80. The van der Waals surface area contributed by atoms with Crippen LogP contribution in [0.15, 0.2) is 12.3 Å². The fraction of sp³-hybridized carbons (Fsp3) is 0.722. The Kier molecular flexibility index (Phi) is 5.02. The first kappa shape index (κ1) is 16.8. The third-order valence-electron chi connectivity index (χ3n) is 5.62. The minimum absolute atomic E-state index is 0.0505. The Morgan fingerprint density at radius 3 is 2.78 bits per heavy atom. The first-order valence-corrected chi connectivity index (χ1v) is 9.16. The molecule has 1 saturated heterocycles. The standard InChI is InChI=1S/C18H27ClN2O2/c1-12-6-7-17(22)14(9-12)15-5-3-4-8-21(15)18(23)16-10-13(19)11-20(16)2/h10-12,14-15,17,22H,3-9H2,1-2H3/t12-,14+,15+,17+/m1/s1. The molecule has 0 unspecified atom stereocenters. The van der Waals surface area contributed by atoms with E-state index in [4.69, 9.17) is 11.6 Å². The lowest BCUT2D eigenvalue weighted by molar-refractivity contribution is -0.0124. The third-order valence-corrected chi connectivity index (χ3v) is 5.83. The zero-order chi connectivity index (χ0) is 16.6. The van der Waals surface area contributed by atoms with E-state index >= 15 is 0 Å². The molecule has 1 aromatic rings. The number of rotatable bonds is 2. The number of amides is 1. The van der Waals surface area contributed by atoms with Gasteiger partial charge >= 0.3 is 0 Å². The molecule has 2 aliphatic rings. The molecule has 1 N–H and O–H groups in total. The molecule has 3 rings (SSSR count). The monoisotopic (exact) mass is 338 g/mol. The van der Waals surface area contributed by atoms with Crippen LogP contribution in [-0.2, 0) is 7.05 Å². The average Bonchev–Trinajstić information content (AvgIpc) is 2.87. The molecule has 23 heavy (non-hydrogen) atoms. The van der Waals surface area contributed by atoms with Crippen LogP contribution in [0.4, 0.5) is 0 Å². The number of hydrogen-bond donors (Lipinski definition) is 1. The molecular weight excluding hydrogens is 312 g/mol. The molecule has 1 aromatic heterocycles. The summed E-state index contributed by atoms with van der Waals surface area (Å²) >= 11 is 6.04. The van der Waals surface area contributed by atoms with Crippen molar-refractivity contribution in [3.8, 4) is 0 Å². The molecule has 1 saturated carbocycles. The van der Waals surface area contributed by atoms with E-state index in [-0.39, 0.29) is 24.0 Å². The van der Waals surface area contributed by atoms with Crippen molar-refractivity contribution >= 4 is 17.5 Å². The van der Waals surface area contributed by atoms with Crippen molar-refractivity contribution in [3.63, 3.8) is 0 Å². The molecule has 1 aliphatic carbocycles. The average molecular weight is 339 g/mol. The summed E-state index contributed by atoms with van der Waals surface area (Å²) in [6, 6.07) is 1.90. The Balaban J connectivity index is 1.83. The molecule has 0 radical (unpaired) electrons. The van der Waals surface area contributed by atoms with E-state index in [2.05, 4.69) is 6.92 Å². The van der Waals surface area contributed by atoms with Crippen LogP contribution in [0.3, 0.4) is 0 Å². The van der Waals surface area contributed by atoms with Gasteiger partial charge in [0, 0.05) is 31.7 Å². The normalized spacial score (nSPS) is 32.1. The number of piperidine rings is 1. The van der Waals surface area contributed by atoms with Crippen molar-refractivity contribution in [2.75, 3.05) is 6.54 Å². The van der Waals surface area contributed by atoms with Crippen LogP contribution >= 0.6 is 11.6 Å². The lowest BCUT2D eigenvalue weighted by Crippen LogP contribution is -2.52. The van der Waals surface area contributed by atoms with Gasteiger partial charge in [-0.1, -0.05) is 18.5 Å². The number of nitrogens with zero attached hydrogens (tertiary/aromatic N) is 2. The first-order valence-electron chi connectivity index (χ1n) is 8.78. The number of carbonyl (C=O) groups is 1. The van der Waals surface area contributed by atoms with E-state index in [1.807, 2.05) is 11.9 Å². The summed E-state index contributed by atoms with van der Waals surface area (Å²) in [5, 5.41) is 11.1. The minimum atomic E-state index is -0.276. The van der Waals surface area contributed by atoms with Gasteiger partial charge in [0.1, 0.15) is 5.69 Å². The fourth-order valence-electron chi connectivity index (χ4n) is 4.36. The molecule has 4 nitrogen and oxygen atoms in total. The summed E-state index contributed by atoms with van der Waals surface area (Å²) in [6.45, 7) is 3.04. The quantitative estimate of drug-likeness (QED) is 0.897. The Labute approximate surface area is 143 Å². The van der Waals surface area contributed by atoms with Crippen molar-refractivity contribution in [1.82, 2.24) is 9.47 Å². The second kappa shape index (κ2) is 6.86. The number of carbonyl (C=O) groups excluding carboxylic acids is 1. The maximum Gasteiger partial charge on any atom is 0.270 e. The van der Waals surface area contributed by atoms with Crippen molar-refractivity contribution in [2.24, 2.45) is 18.9 Å². The topological polar surface area (TPSA) is 45.5 Å². The maximum atomic E-state index is 13.0. The highest BCUT2D eigenvalue weighted by Gasteiger charge is 2.39. The maximum absolute atomic E-state index is 13.0. The number of halogens is 1. The summed E-state index contributed by atoms with van der Waals surface area (Å²) in [5.74, 6) is 0.889. The molecule has 1 amide bonds. The molecule has 128 valence electrons. The third kappa shape index (κ3) is 3.43. The van der Waals surface area contributed by atoms with Gasteiger partial charge in [0.2, 0.25) is 0 Å². The second-order valence-corrected chi connectivity index (χ2v) is 7.80. The molecule has 0 spiro atoms. The van der Waals surface area contributed by atoms with Crippen LogP contribution in [0.1, 0.15) is 55.9 Å². The predicted molar refractivity (Wildman–Crippen MR) is 91.6 cm³/mol. The SMILES string of the molecule is C[C@@H]1CC[C@H](O)[C@H]([C@@H]2CCCCN2C(=O)c2cc(Cl)cn2C)C1. The van der Waals surface area contributed by atoms with E-state index in [1.54, 1.807) is 16.8 Å². The Morgan fingerprint density at radius 2 is 2.09 bits per heavy atom. The van der Waals surface area contributed by atoms with Gasteiger partial charge in [0.25, 0.3) is 5.91 Å². The zero-order valence-corrected chi connectivity index (χ0v) is 14.8. The number of likely N-dealkylation sites (tertiary alicyclic amines) is 1. The van der Waals surface area contributed by atoms with Gasteiger partial charge in [-0.3, -0.25) is 4.79 Å². The second-order valence-electron chi connectivity index (χ2n) is 7.37. The molecule has 2 heterocycles. The summed E-state index contributed by atoms with van der Waals surface area (Å²) in [4.78, 5) is 15.0. The smallest absolute Gasteiger partial charge is 0.270 e. The van der Waals surface area contributed by atoms with Crippen LogP contribution in [0.5, 0.6) is 0 Å². The Morgan fingerprint density at radius 1 is 1.30 bits per heavy atom. The predicted octanol–water partition coefficient (Wildman–Crippen LogP) is 3.47. The van der Waals surface area contributed by atoms with Gasteiger partial charge in [0.15, 0.2) is 0 Å². The molecule has 1 aliphatic heterocycles. The van der Waals surface area contributed by atoms with Crippen LogP contribution in [0, 0.1) is 11.8 Å². The highest BCUT2D eigenvalue weighted by molar-refractivity contribution is 6.31. The summed E-state index contributed by atoms with van der Waals surface area (Å²) in [5.41, 5.74) is 0.639. The van der Waals surface area contributed by atoms with Crippen molar-refractivity contribution in [1.29, 1.82) is 0 Å². The van der Waals surface area contributed by atoms with Gasteiger partial charge in [0.05, 0.1) is 11.1 Å². The van der Waals surface area contributed by atoms with Crippen LogP contribution < -0.4 is 0 Å². The van der Waals surface area contributed by atoms with E-state index in [0.29, 0.717) is 16.6 Å². The lowest BCUT2D eigenvalue weighted by atomic mass is 9.74. The van der Waals surface area contributed by atoms with Crippen LogP contribution in [-0.4, -0.2) is 39.2 Å². The van der Waals surface area contributed by atoms with Gasteiger partial charge in [-0.25, -0.2) is 0 Å². The van der Waals surface area contributed by atoms with E-state index in [0.717, 1.165) is 45.1 Å². The highest BCUT2D eigenvalue weighted by atomic mass is 35.5. The molecule has 4 atom stereocenters. The van der Waals surface area contributed by atoms with Crippen LogP contribution in [0.25, 0.3) is 0 Å². The molecule has 2 fully saturated rings. The van der Waals surface area contributed by atoms with E-state index in [1.165, 1.54) is 0 Å². The van der Waals surface area contributed by atoms with Crippen molar-refractivity contribution in [3.05, 3.63) is 23.0 Å². The first-order chi connectivity index (χ1) is 11.0. The molecule has 5 heteroatoms. The van der Waals surface area contributed by atoms with Gasteiger partial charge in [-0.2, -0.15) is 0 Å². The Hall–Kier alpha value is -1.00. The summed E-state index contributed by atoms with van der Waals surface area (Å²) in [7, 11) is 1.86. The zero-order valence-electron chi connectivity index (χ0n) is 14.0. The Bertz CT molecular complexity index is 571. The van der Waals surface area contributed by atoms with Gasteiger partial charge in [-0.05, 0) is 50.5 Å². The highest BCUT2D eigenvalue weighted by Crippen LogP contribution is 2.37. The number of aromatic nitrogens is 1. The number of hydrogen-bond acceptors (Lipinski definition) is 2. The van der Waals surface area contributed by atoms with Gasteiger partial charge < -0.3 is 14.6 Å². The molecular formula is C18H27ClN2O2. The van der Waals surface area contributed by atoms with Crippen molar-refractivity contribution in [2.45, 2.75) is 57.6 Å². The van der Waals surface area contributed by atoms with Gasteiger partial charge in [-0.15, -0.1) is 0 Å². The fourth-order valence-corrected chi connectivity index (χ4v) is 4.61. The van der Waals surface area contributed by atoms with E-state index < -0.39 is 0 Å². The lowest BCUT2D eigenvalue weighted by Gasteiger charge is -2.45. The number of aryl methyl sites for hydroxylation is 1.